The minimum absolute atomic E-state index is 0.0780. The molecule has 0 radical (unpaired) electrons. The third kappa shape index (κ3) is 6.48. The summed E-state index contributed by atoms with van der Waals surface area (Å²) in [4.78, 5) is 14.3. The average Bonchev–Trinajstić information content (AvgIpc) is 2.54. The predicted octanol–water partition coefficient (Wildman–Crippen LogP) is 2.46. The van der Waals surface area contributed by atoms with Crippen LogP contribution in [0.5, 0.6) is 11.5 Å². The van der Waals surface area contributed by atoms with Crippen molar-refractivity contribution >= 4 is 5.91 Å². The second-order valence-electron chi connectivity index (χ2n) is 5.89. The van der Waals surface area contributed by atoms with Gasteiger partial charge in [-0.15, -0.1) is 0 Å². The molecule has 1 saturated heterocycles. The summed E-state index contributed by atoms with van der Waals surface area (Å²) in [5.41, 5.74) is 0. The predicted molar refractivity (Wildman–Crippen MR) is 91.0 cm³/mol. The molecule has 1 aliphatic rings. The van der Waals surface area contributed by atoms with E-state index >= 15 is 0 Å². The molecule has 1 aromatic carbocycles. The van der Waals surface area contributed by atoms with Crippen LogP contribution in [0, 0.1) is 0 Å². The molecular weight excluding hydrogens is 292 g/mol. The molecule has 0 saturated carbocycles. The van der Waals surface area contributed by atoms with E-state index in [-0.39, 0.29) is 5.91 Å². The SMILES string of the molecule is COc1ccccc1OCCNC(=O)CN1CCCCCCC1. The van der Waals surface area contributed by atoms with Crippen LogP contribution >= 0.6 is 0 Å². The van der Waals surface area contributed by atoms with Gasteiger partial charge < -0.3 is 14.8 Å². The van der Waals surface area contributed by atoms with Crippen LogP contribution < -0.4 is 14.8 Å². The molecule has 0 spiro atoms. The topological polar surface area (TPSA) is 50.8 Å². The first kappa shape index (κ1) is 17.6. The van der Waals surface area contributed by atoms with Gasteiger partial charge in [0.2, 0.25) is 5.91 Å². The van der Waals surface area contributed by atoms with Crippen molar-refractivity contribution in [3.63, 3.8) is 0 Å². The number of hydrogen-bond donors (Lipinski definition) is 1. The van der Waals surface area contributed by atoms with Crippen LogP contribution in [0.3, 0.4) is 0 Å². The van der Waals surface area contributed by atoms with E-state index < -0.39 is 0 Å². The number of hydrogen-bond acceptors (Lipinski definition) is 4. The molecular formula is C18H28N2O3. The van der Waals surface area contributed by atoms with Crippen molar-refractivity contribution in [2.24, 2.45) is 0 Å². The highest BCUT2D eigenvalue weighted by molar-refractivity contribution is 5.77. The molecule has 1 N–H and O–H groups in total. The van der Waals surface area contributed by atoms with Crippen LogP contribution in [0.2, 0.25) is 0 Å². The van der Waals surface area contributed by atoms with Gasteiger partial charge in [0.25, 0.3) is 0 Å². The highest BCUT2D eigenvalue weighted by Crippen LogP contribution is 2.25. The van der Waals surface area contributed by atoms with Gasteiger partial charge in [0.1, 0.15) is 6.61 Å². The molecule has 1 aromatic rings. The number of carbonyl (C=O) groups excluding carboxylic acids is 1. The minimum atomic E-state index is 0.0780. The average molecular weight is 320 g/mol. The summed E-state index contributed by atoms with van der Waals surface area (Å²) in [5, 5.41) is 2.93. The highest BCUT2D eigenvalue weighted by atomic mass is 16.5. The summed E-state index contributed by atoms with van der Waals surface area (Å²) in [6.07, 6.45) is 6.30. The van der Waals surface area contributed by atoms with Crippen LogP contribution in [-0.4, -0.2) is 50.7 Å². The van der Waals surface area contributed by atoms with E-state index in [1.807, 2.05) is 24.3 Å². The number of benzene rings is 1. The minimum Gasteiger partial charge on any atom is -0.493 e. The lowest BCUT2D eigenvalue weighted by Gasteiger charge is -2.23. The van der Waals surface area contributed by atoms with E-state index in [1.165, 1.54) is 32.1 Å². The molecule has 2 rings (SSSR count). The third-order valence-electron chi connectivity index (χ3n) is 4.07. The van der Waals surface area contributed by atoms with Gasteiger partial charge in [-0.1, -0.05) is 31.4 Å². The van der Waals surface area contributed by atoms with Crippen molar-refractivity contribution in [1.29, 1.82) is 0 Å². The molecule has 23 heavy (non-hydrogen) atoms. The van der Waals surface area contributed by atoms with E-state index in [2.05, 4.69) is 10.2 Å². The fourth-order valence-corrected chi connectivity index (χ4v) is 2.82. The molecule has 1 amide bonds. The Morgan fingerprint density at radius 1 is 1.09 bits per heavy atom. The van der Waals surface area contributed by atoms with Crippen LogP contribution in [0.15, 0.2) is 24.3 Å². The monoisotopic (exact) mass is 320 g/mol. The van der Waals surface area contributed by atoms with Crippen molar-refractivity contribution in [3.8, 4) is 11.5 Å². The molecule has 1 fully saturated rings. The van der Waals surface area contributed by atoms with Crippen molar-refractivity contribution in [2.75, 3.05) is 39.9 Å². The van der Waals surface area contributed by atoms with Crippen LogP contribution in [0.25, 0.3) is 0 Å². The Kier molecular flexibility index (Phi) is 7.73. The maximum absolute atomic E-state index is 12.0. The van der Waals surface area contributed by atoms with Gasteiger partial charge in [-0.3, -0.25) is 9.69 Å². The standard InChI is InChI=1S/C18H28N2O3/c1-22-16-9-5-6-10-17(16)23-14-11-19-18(21)15-20-12-7-3-2-4-8-13-20/h5-6,9-10H,2-4,7-8,11-15H2,1H3,(H,19,21). The first-order valence-corrected chi connectivity index (χ1v) is 8.54. The summed E-state index contributed by atoms with van der Waals surface area (Å²) < 4.78 is 10.9. The van der Waals surface area contributed by atoms with Gasteiger partial charge in [0.05, 0.1) is 20.2 Å². The smallest absolute Gasteiger partial charge is 0.234 e. The second-order valence-corrected chi connectivity index (χ2v) is 5.89. The van der Waals surface area contributed by atoms with Gasteiger partial charge in [-0.05, 0) is 38.1 Å². The third-order valence-corrected chi connectivity index (χ3v) is 4.07. The lowest BCUT2D eigenvalue weighted by molar-refractivity contribution is -0.122. The largest absolute Gasteiger partial charge is 0.493 e. The summed E-state index contributed by atoms with van der Waals surface area (Å²) >= 11 is 0. The van der Waals surface area contributed by atoms with Gasteiger partial charge in [0, 0.05) is 0 Å². The molecule has 0 bridgehead atoms. The molecule has 128 valence electrons. The Morgan fingerprint density at radius 2 is 1.74 bits per heavy atom. The van der Waals surface area contributed by atoms with Gasteiger partial charge >= 0.3 is 0 Å². The van der Waals surface area contributed by atoms with Crippen molar-refractivity contribution < 1.29 is 14.3 Å². The highest BCUT2D eigenvalue weighted by Gasteiger charge is 2.12. The quantitative estimate of drug-likeness (QED) is 0.784. The van der Waals surface area contributed by atoms with Gasteiger partial charge in [0.15, 0.2) is 11.5 Å². The Balaban J connectivity index is 1.64. The molecule has 0 aliphatic carbocycles. The normalized spacial score (nSPS) is 16.2. The number of amides is 1. The molecule has 1 aliphatic heterocycles. The van der Waals surface area contributed by atoms with Gasteiger partial charge in [-0.25, -0.2) is 0 Å². The molecule has 1 heterocycles. The Labute approximate surface area is 139 Å². The zero-order valence-electron chi connectivity index (χ0n) is 14.1. The fourth-order valence-electron chi connectivity index (χ4n) is 2.82. The Hall–Kier alpha value is -1.75. The summed E-state index contributed by atoms with van der Waals surface area (Å²) in [5.74, 6) is 1.49. The Bertz CT molecular complexity index is 471. The number of rotatable bonds is 7. The van der Waals surface area contributed by atoms with E-state index in [0.29, 0.717) is 31.2 Å². The second kappa shape index (κ2) is 10.1. The number of nitrogens with zero attached hydrogens (tertiary/aromatic N) is 1. The first-order chi connectivity index (χ1) is 11.3. The summed E-state index contributed by atoms with van der Waals surface area (Å²) in [6.45, 7) is 3.50. The van der Waals surface area contributed by atoms with Crippen molar-refractivity contribution in [1.82, 2.24) is 10.2 Å². The van der Waals surface area contributed by atoms with Crippen molar-refractivity contribution in [2.45, 2.75) is 32.1 Å². The van der Waals surface area contributed by atoms with E-state index in [4.69, 9.17) is 9.47 Å². The maximum atomic E-state index is 12.0. The van der Waals surface area contributed by atoms with Crippen LogP contribution in [0.4, 0.5) is 0 Å². The van der Waals surface area contributed by atoms with E-state index in [1.54, 1.807) is 7.11 Å². The van der Waals surface area contributed by atoms with E-state index in [0.717, 1.165) is 13.1 Å². The lowest BCUT2D eigenvalue weighted by Crippen LogP contribution is -2.40. The number of ether oxygens (including phenoxy) is 2. The zero-order valence-corrected chi connectivity index (χ0v) is 14.1. The number of likely N-dealkylation sites (tertiary alicyclic amines) is 1. The molecule has 0 aromatic heterocycles. The number of nitrogens with one attached hydrogen (secondary N) is 1. The van der Waals surface area contributed by atoms with Crippen LogP contribution in [-0.2, 0) is 4.79 Å². The number of carbonyl (C=O) groups is 1. The molecule has 5 heteroatoms. The number of methoxy groups -OCH3 is 1. The Morgan fingerprint density at radius 3 is 2.43 bits per heavy atom. The van der Waals surface area contributed by atoms with Crippen LogP contribution in [0.1, 0.15) is 32.1 Å². The zero-order chi connectivity index (χ0) is 16.3. The lowest BCUT2D eigenvalue weighted by atomic mass is 10.1. The number of para-hydroxylation sites is 2. The summed E-state index contributed by atoms with van der Waals surface area (Å²) in [6, 6.07) is 7.52. The maximum Gasteiger partial charge on any atom is 0.234 e. The van der Waals surface area contributed by atoms with Gasteiger partial charge in [-0.2, -0.15) is 0 Å². The van der Waals surface area contributed by atoms with E-state index in [9.17, 15) is 4.79 Å². The summed E-state index contributed by atoms with van der Waals surface area (Å²) in [7, 11) is 1.62. The van der Waals surface area contributed by atoms with Crippen molar-refractivity contribution in [3.05, 3.63) is 24.3 Å². The first-order valence-electron chi connectivity index (χ1n) is 8.54. The molecule has 0 unspecified atom stereocenters. The fraction of sp³-hybridized carbons (Fsp3) is 0.611. The molecule has 5 nitrogen and oxygen atoms in total. The molecule has 0 atom stereocenters.